The second kappa shape index (κ2) is 12.6. The van der Waals surface area contributed by atoms with Crippen molar-refractivity contribution in [3.05, 3.63) is 199 Å². The van der Waals surface area contributed by atoms with Gasteiger partial charge in [0.15, 0.2) is 5.84 Å². The van der Waals surface area contributed by atoms with Crippen molar-refractivity contribution >= 4 is 86.9 Å². The molecule has 268 valence electrons. The Morgan fingerprint density at radius 1 is 0.509 bits per heavy atom. The maximum atomic E-state index is 6.56. The van der Waals surface area contributed by atoms with Crippen LogP contribution in [-0.4, -0.2) is 16.2 Å². The van der Waals surface area contributed by atoms with E-state index in [0.717, 1.165) is 50.0 Å². The molecule has 1 atom stereocenters. The highest BCUT2D eigenvalue weighted by atomic mass is 32.1. The predicted molar refractivity (Wildman–Crippen MR) is 238 cm³/mol. The van der Waals surface area contributed by atoms with Gasteiger partial charge in [0, 0.05) is 58.5 Å². The highest BCUT2D eigenvalue weighted by molar-refractivity contribution is 7.26. The van der Waals surface area contributed by atoms with Crippen LogP contribution < -0.4 is 5.32 Å². The Balaban J connectivity index is 0.934. The van der Waals surface area contributed by atoms with Gasteiger partial charge in [-0.25, -0.2) is 9.98 Å². The van der Waals surface area contributed by atoms with Gasteiger partial charge in [-0.1, -0.05) is 127 Å². The summed E-state index contributed by atoms with van der Waals surface area (Å²) in [6.45, 7) is 0. The van der Waals surface area contributed by atoms with Gasteiger partial charge in [0.1, 0.15) is 23.2 Å². The number of aliphatic imine (C=N–C) groups is 2. The summed E-state index contributed by atoms with van der Waals surface area (Å²) in [7, 11) is 0. The Morgan fingerprint density at radius 3 is 2.02 bits per heavy atom. The number of fused-ring (bicyclic) bond motifs is 9. The summed E-state index contributed by atoms with van der Waals surface area (Å²) in [5.41, 5.74) is 10.7. The molecule has 57 heavy (non-hydrogen) atoms. The van der Waals surface area contributed by atoms with Crippen LogP contribution in [0.1, 0.15) is 22.9 Å². The monoisotopic (exact) mass is 748 g/mol. The zero-order valence-electron chi connectivity index (χ0n) is 30.6. The van der Waals surface area contributed by atoms with Crippen LogP contribution in [0.15, 0.2) is 196 Å². The lowest BCUT2D eigenvalue weighted by atomic mass is 10.0. The number of amidine groups is 2. The van der Waals surface area contributed by atoms with Crippen molar-refractivity contribution in [3.63, 3.8) is 0 Å². The van der Waals surface area contributed by atoms with E-state index in [1.165, 1.54) is 53.2 Å². The second-order valence-corrected chi connectivity index (χ2v) is 15.6. The van der Waals surface area contributed by atoms with Gasteiger partial charge in [0.2, 0.25) is 0 Å². The Labute approximate surface area is 331 Å². The molecule has 12 rings (SSSR count). The molecule has 8 aromatic carbocycles. The normalized spacial score (nSPS) is 14.5. The molecule has 1 aliphatic rings. The molecule has 5 nitrogen and oxygen atoms in total. The number of para-hydroxylation sites is 2. The van der Waals surface area contributed by atoms with Gasteiger partial charge in [-0.3, -0.25) is 0 Å². The number of thiophene rings is 1. The van der Waals surface area contributed by atoms with Crippen LogP contribution in [0.25, 0.3) is 80.7 Å². The number of furan rings is 1. The van der Waals surface area contributed by atoms with Crippen molar-refractivity contribution in [1.82, 2.24) is 9.88 Å². The standard InChI is InChI=1S/C51H32N4OS/c1-3-12-31(13-4-1)49-52-50(32-14-5-2-6-15-32)54-51(53-49)34-23-26-45-41(28-34)39-25-22-33(29-46(39)56-45)36-18-11-19-40-42-30-35(24-27-47(42)57-48(36)40)55-43-20-9-7-16-37(43)38-17-8-10-21-44(38)55/h1-30,51H,(H,52,53,54). The highest BCUT2D eigenvalue weighted by Crippen LogP contribution is 2.43. The van der Waals surface area contributed by atoms with Crippen molar-refractivity contribution in [1.29, 1.82) is 0 Å². The average Bonchev–Trinajstić information content (AvgIpc) is 3.95. The summed E-state index contributed by atoms with van der Waals surface area (Å²) in [6, 6.07) is 64.4. The lowest BCUT2D eigenvalue weighted by Crippen LogP contribution is -2.33. The molecular weight excluding hydrogens is 717 g/mol. The lowest BCUT2D eigenvalue weighted by molar-refractivity contribution is 0.663. The number of nitrogens with one attached hydrogen (secondary N) is 1. The number of rotatable bonds is 5. The molecule has 1 N–H and O–H groups in total. The Bertz CT molecular complexity index is 3390. The summed E-state index contributed by atoms with van der Waals surface area (Å²) in [4.78, 5) is 10.1. The van der Waals surface area contributed by atoms with E-state index >= 15 is 0 Å². The highest BCUT2D eigenvalue weighted by Gasteiger charge is 2.22. The minimum atomic E-state index is -0.317. The van der Waals surface area contributed by atoms with Crippen LogP contribution in [0.4, 0.5) is 0 Å². The van der Waals surface area contributed by atoms with E-state index < -0.39 is 0 Å². The molecule has 0 radical (unpaired) electrons. The minimum Gasteiger partial charge on any atom is -0.456 e. The quantitative estimate of drug-likeness (QED) is 0.191. The van der Waals surface area contributed by atoms with Crippen molar-refractivity contribution in [3.8, 4) is 16.8 Å². The lowest BCUT2D eigenvalue weighted by Gasteiger charge is -2.23. The summed E-state index contributed by atoms with van der Waals surface area (Å²) in [5.74, 6) is 1.51. The molecule has 0 spiro atoms. The van der Waals surface area contributed by atoms with Crippen molar-refractivity contribution in [2.24, 2.45) is 9.98 Å². The third kappa shape index (κ3) is 5.15. The van der Waals surface area contributed by atoms with Gasteiger partial charge in [-0.05, 0) is 71.3 Å². The number of hydrogen-bond acceptors (Lipinski definition) is 5. The minimum absolute atomic E-state index is 0.317. The largest absolute Gasteiger partial charge is 0.456 e. The molecule has 3 aromatic heterocycles. The topological polar surface area (TPSA) is 54.8 Å². The molecule has 6 heteroatoms. The van der Waals surface area contributed by atoms with E-state index in [9.17, 15) is 0 Å². The van der Waals surface area contributed by atoms with Crippen LogP contribution in [0.2, 0.25) is 0 Å². The fourth-order valence-corrected chi connectivity index (χ4v) is 9.78. The number of hydrogen-bond donors (Lipinski definition) is 1. The zero-order chi connectivity index (χ0) is 37.5. The van der Waals surface area contributed by atoms with Gasteiger partial charge in [-0.2, -0.15) is 0 Å². The van der Waals surface area contributed by atoms with Crippen LogP contribution in [-0.2, 0) is 0 Å². The predicted octanol–water partition coefficient (Wildman–Crippen LogP) is 13.2. The van der Waals surface area contributed by atoms with E-state index in [1.54, 1.807) is 0 Å². The zero-order valence-corrected chi connectivity index (χ0v) is 31.4. The maximum Gasteiger partial charge on any atom is 0.159 e. The van der Waals surface area contributed by atoms with Crippen LogP contribution in [0.3, 0.4) is 0 Å². The molecule has 0 aliphatic carbocycles. The number of aromatic nitrogens is 1. The first-order valence-corrected chi connectivity index (χ1v) is 20.0. The Kier molecular flexibility index (Phi) is 7.09. The van der Waals surface area contributed by atoms with E-state index in [-0.39, 0.29) is 6.17 Å². The third-order valence-corrected chi connectivity index (χ3v) is 12.5. The first-order chi connectivity index (χ1) is 28.2. The molecule has 1 unspecified atom stereocenters. The second-order valence-electron chi connectivity index (χ2n) is 14.6. The van der Waals surface area contributed by atoms with Gasteiger partial charge in [0.25, 0.3) is 0 Å². The van der Waals surface area contributed by atoms with E-state index in [0.29, 0.717) is 5.84 Å². The van der Waals surface area contributed by atoms with Gasteiger partial charge < -0.3 is 14.3 Å². The first kappa shape index (κ1) is 32.0. The van der Waals surface area contributed by atoms with Gasteiger partial charge in [0.05, 0.1) is 11.0 Å². The summed E-state index contributed by atoms with van der Waals surface area (Å²) in [5, 5.41) is 10.8. The van der Waals surface area contributed by atoms with E-state index in [4.69, 9.17) is 14.4 Å². The maximum absolute atomic E-state index is 6.56. The molecule has 0 fully saturated rings. The molecule has 0 saturated carbocycles. The SMILES string of the molecule is c1ccc(C2=NC(c3ccc4oc5cc(-c6cccc7c6sc6ccc(-n8c9ccccc9c9ccccc98)cc67)ccc5c4c3)NC(c3ccccc3)=N2)cc1. The fraction of sp³-hybridized carbons (Fsp3) is 0.0196. The van der Waals surface area contributed by atoms with Crippen molar-refractivity contribution < 1.29 is 4.42 Å². The van der Waals surface area contributed by atoms with Crippen LogP contribution in [0, 0.1) is 0 Å². The third-order valence-electron chi connectivity index (χ3n) is 11.3. The van der Waals surface area contributed by atoms with Gasteiger partial charge in [-0.15, -0.1) is 11.3 Å². The van der Waals surface area contributed by atoms with Crippen LogP contribution in [0.5, 0.6) is 0 Å². The smallest absolute Gasteiger partial charge is 0.159 e. The number of nitrogens with zero attached hydrogens (tertiary/aromatic N) is 3. The molecule has 0 amide bonds. The molecule has 11 aromatic rings. The number of benzene rings is 8. The molecule has 4 heterocycles. The van der Waals surface area contributed by atoms with E-state index in [2.05, 4.69) is 155 Å². The molecule has 0 saturated heterocycles. The molecular formula is C51H32N4OS. The van der Waals surface area contributed by atoms with Crippen molar-refractivity contribution in [2.45, 2.75) is 6.17 Å². The molecule has 0 bridgehead atoms. The Morgan fingerprint density at radius 2 is 1.23 bits per heavy atom. The van der Waals surface area contributed by atoms with Gasteiger partial charge >= 0.3 is 0 Å². The summed E-state index contributed by atoms with van der Waals surface area (Å²) >= 11 is 1.85. The Hall–Kier alpha value is -7.28. The average molecular weight is 749 g/mol. The summed E-state index contributed by atoms with van der Waals surface area (Å²) < 4.78 is 11.5. The van der Waals surface area contributed by atoms with E-state index in [1.807, 2.05) is 47.7 Å². The fourth-order valence-electron chi connectivity index (χ4n) is 8.57. The van der Waals surface area contributed by atoms with Crippen molar-refractivity contribution in [2.75, 3.05) is 0 Å². The summed E-state index contributed by atoms with van der Waals surface area (Å²) in [6.07, 6.45) is -0.317. The van der Waals surface area contributed by atoms with Crippen LogP contribution >= 0.6 is 11.3 Å². The molecule has 1 aliphatic heterocycles. The first-order valence-electron chi connectivity index (χ1n) is 19.2.